The lowest BCUT2D eigenvalue weighted by molar-refractivity contribution is -0.120. The second-order valence-electron chi connectivity index (χ2n) is 5.32. The van der Waals surface area contributed by atoms with Crippen LogP contribution in [0.3, 0.4) is 0 Å². The van der Waals surface area contributed by atoms with Crippen LogP contribution in [0.25, 0.3) is 0 Å². The lowest BCUT2D eigenvalue weighted by atomic mass is 10.1. The third kappa shape index (κ3) is 4.22. The van der Waals surface area contributed by atoms with Gasteiger partial charge in [0, 0.05) is 0 Å². The number of sulfonamides is 1. The van der Waals surface area contributed by atoms with Gasteiger partial charge >= 0.3 is 5.91 Å². The summed E-state index contributed by atoms with van der Waals surface area (Å²) in [5, 5.41) is 0. The molecule has 0 fully saturated rings. The van der Waals surface area contributed by atoms with Crippen molar-refractivity contribution in [3.63, 3.8) is 0 Å². The second-order valence-corrected chi connectivity index (χ2v) is 7.18. The molecular formula is C17H21NO3S. The van der Waals surface area contributed by atoms with E-state index in [2.05, 4.69) is 18.4 Å². The van der Waals surface area contributed by atoms with Gasteiger partial charge in [0.1, 0.15) is 0 Å². The van der Waals surface area contributed by atoms with Gasteiger partial charge in [-0.2, -0.15) is 0 Å². The average Bonchev–Trinajstić information content (AvgIpc) is 2.44. The normalized spacial score (nSPS) is 10.8. The van der Waals surface area contributed by atoms with Crippen LogP contribution >= 0.6 is 0 Å². The first-order valence-electron chi connectivity index (χ1n) is 6.94. The Morgan fingerprint density at radius 1 is 1.27 bits per heavy atom. The molecule has 1 aromatic carbocycles. The Kier molecular flexibility index (Phi) is 5.95. The molecule has 0 aliphatic heterocycles. The van der Waals surface area contributed by atoms with E-state index in [1.165, 1.54) is 19.1 Å². The van der Waals surface area contributed by atoms with Crippen molar-refractivity contribution in [2.75, 3.05) is 6.54 Å². The summed E-state index contributed by atoms with van der Waals surface area (Å²) >= 11 is 0. The lowest BCUT2D eigenvalue weighted by Gasteiger charge is -2.22. The number of rotatable bonds is 5. The summed E-state index contributed by atoms with van der Waals surface area (Å²) < 4.78 is 26.2. The minimum atomic E-state index is -3.95. The van der Waals surface area contributed by atoms with Gasteiger partial charge in [-0.05, 0) is 37.8 Å². The number of aryl methyl sites for hydroxylation is 1. The first-order chi connectivity index (χ1) is 10.2. The molecule has 0 unspecified atom stereocenters. The lowest BCUT2D eigenvalue weighted by Crippen LogP contribution is -2.38. The summed E-state index contributed by atoms with van der Waals surface area (Å²) in [4.78, 5) is 12.2. The molecule has 0 aromatic heterocycles. The molecule has 1 rings (SSSR count). The van der Waals surface area contributed by atoms with E-state index < -0.39 is 15.9 Å². The Balaban J connectivity index is 3.29. The maximum atomic E-state index is 12.7. The molecule has 1 aromatic rings. The predicted molar refractivity (Wildman–Crippen MR) is 87.5 cm³/mol. The van der Waals surface area contributed by atoms with Gasteiger partial charge in [-0.3, -0.25) is 4.79 Å². The van der Waals surface area contributed by atoms with Crippen molar-refractivity contribution in [3.8, 4) is 11.8 Å². The largest absolute Gasteiger partial charge is 0.312 e. The smallest absolute Gasteiger partial charge is 0.258 e. The average molecular weight is 319 g/mol. The molecule has 1 amide bonds. The van der Waals surface area contributed by atoms with Crippen LogP contribution in [0.4, 0.5) is 0 Å². The molecule has 0 saturated carbocycles. The first kappa shape index (κ1) is 18.0. The van der Waals surface area contributed by atoms with Gasteiger partial charge in [0.2, 0.25) is 0 Å². The van der Waals surface area contributed by atoms with Crippen molar-refractivity contribution >= 4 is 15.9 Å². The van der Waals surface area contributed by atoms with Crippen molar-refractivity contribution < 1.29 is 13.2 Å². The second kappa shape index (κ2) is 7.28. The zero-order valence-corrected chi connectivity index (χ0v) is 14.2. The first-order valence-corrected chi connectivity index (χ1v) is 8.38. The molecule has 0 N–H and O–H groups in total. The van der Waals surface area contributed by atoms with Crippen LogP contribution in [0.1, 0.15) is 26.3 Å². The number of hydrogen-bond acceptors (Lipinski definition) is 3. The molecular weight excluding hydrogens is 298 g/mol. The van der Waals surface area contributed by atoms with E-state index in [1.54, 1.807) is 12.1 Å². The van der Waals surface area contributed by atoms with E-state index in [-0.39, 0.29) is 17.4 Å². The molecule has 0 bridgehead atoms. The van der Waals surface area contributed by atoms with Crippen LogP contribution in [-0.2, 0) is 14.8 Å². The van der Waals surface area contributed by atoms with Crippen LogP contribution in [0, 0.1) is 24.7 Å². The van der Waals surface area contributed by atoms with Gasteiger partial charge in [0.25, 0.3) is 10.0 Å². The van der Waals surface area contributed by atoms with E-state index in [0.717, 1.165) is 9.87 Å². The van der Waals surface area contributed by atoms with E-state index >= 15 is 0 Å². The Morgan fingerprint density at radius 3 is 2.27 bits per heavy atom. The number of nitrogens with zero attached hydrogens (tertiary/aromatic N) is 1. The van der Waals surface area contributed by atoms with E-state index in [9.17, 15) is 13.2 Å². The summed E-state index contributed by atoms with van der Waals surface area (Å²) in [6.07, 6.45) is 0. The molecule has 5 heteroatoms. The van der Waals surface area contributed by atoms with E-state index in [4.69, 9.17) is 0 Å². The maximum absolute atomic E-state index is 12.7. The summed E-state index contributed by atoms with van der Waals surface area (Å²) in [5.41, 5.74) is 1.60. The van der Waals surface area contributed by atoms with Crippen molar-refractivity contribution in [1.29, 1.82) is 0 Å². The Hall–Kier alpha value is -2.06. The van der Waals surface area contributed by atoms with Crippen LogP contribution < -0.4 is 0 Å². The topological polar surface area (TPSA) is 54.5 Å². The van der Waals surface area contributed by atoms with Crippen LogP contribution in [0.15, 0.2) is 41.3 Å². The third-order valence-corrected chi connectivity index (χ3v) is 4.97. The monoisotopic (exact) mass is 319 g/mol. The number of carbonyl (C=O) groups is 1. The molecule has 0 heterocycles. The SMILES string of the molecule is C=C(CN(C(=O)C#CC)S(=O)(=O)c1ccc(C)cc1)C(C)C. The van der Waals surface area contributed by atoms with Gasteiger partial charge in [-0.15, -0.1) is 0 Å². The van der Waals surface area contributed by atoms with Crippen molar-refractivity contribution in [1.82, 2.24) is 4.31 Å². The van der Waals surface area contributed by atoms with Crippen LogP contribution in [-0.4, -0.2) is 25.2 Å². The molecule has 118 valence electrons. The summed E-state index contributed by atoms with van der Waals surface area (Å²) in [6.45, 7) is 10.9. The molecule has 0 spiro atoms. The van der Waals surface area contributed by atoms with Gasteiger partial charge in [-0.1, -0.05) is 49.6 Å². The van der Waals surface area contributed by atoms with Gasteiger partial charge < -0.3 is 0 Å². The fourth-order valence-electron chi connectivity index (χ4n) is 1.64. The molecule has 0 aliphatic rings. The van der Waals surface area contributed by atoms with Crippen molar-refractivity contribution in [2.24, 2.45) is 5.92 Å². The number of benzene rings is 1. The predicted octanol–water partition coefficient (Wildman–Crippen LogP) is 2.75. The maximum Gasteiger partial charge on any atom is 0.312 e. The zero-order valence-electron chi connectivity index (χ0n) is 13.4. The summed E-state index contributed by atoms with van der Waals surface area (Å²) in [7, 11) is -3.95. The standard InChI is InChI=1S/C17H21NO3S/c1-6-7-17(19)18(12-15(5)13(2)3)22(20,21)16-10-8-14(4)9-11-16/h8-11,13H,5,12H2,1-4H3. The van der Waals surface area contributed by atoms with Crippen LogP contribution in [0.5, 0.6) is 0 Å². The molecule has 0 atom stereocenters. The highest BCUT2D eigenvalue weighted by Gasteiger charge is 2.29. The quantitative estimate of drug-likeness (QED) is 0.619. The fourth-order valence-corrected chi connectivity index (χ4v) is 2.97. The van der Waals surface area contributed by atoms with Gasteiger partial charge in [0.15, 0.2) is 0 Å². The minimum absolute atomic E-state index is 0.0677. The summed E-state index contributed by atoms with van der Waals surface area (Å²) in [6, 6.07) is 6.36. The number of hydrogen-bond donors (Lipinski definition) is 0. The molecule has 0 radical (unpaired) electrons. The Morgan fingerprint density at radius 2 is 1.82 bits per heavy atom. The fraction of sp³-hybridized carbons (Fsp3) is 0.353. The Labute approximate surface area is 132 Å². The highest BCUT2D eigenvalue weighted by Crippen LogP contribution is 2.19. The van der Waals surface area contributed by atoms with Gasteiger partial charge in [-0.25, -0.2) is 12.7 Å². The van der Waals surface area contributed by atoms with Crippen LogP contribution in [0.2, 0.25) is 0 Å². The Bertz CT molecular complexity index is 719. The molecule has 4 nitrogen and oxygen atoms in total. The molecule has 0 saturated heterocycles. The zero-order chi connectivity index (χ0) is 16.9. The third-order valence-electron chi connectivity index (χ3n) is 3.23. The molecule has 0 aliphatic carbocycles. The van der Waals surface area contributed by atoms with Gasteiger partial charge in [0.05, 0.1) is 11.4 Å². The summed E-state index contributed by atoms with van der Waals surface area (Å²) in [5.74, 6) is 4.06. The number of carbonyl (C=O) groups excluding carboxylic acids is 1. The van der Waals surface area contributed by atoms with Crippen molar-refractivity contribution in [2.45, 2.75) is 32.6 Å². The minimum Gasteiger partial charge on any atom is -0.258 e. The number of amides is 1. The van der Waals surface area contributed by atoms with Crippen molar-refractivity contribution in [3.05, 3.63) is 42.0 Å². The highest BCUT2D eigenvalue weighted by atomic mass is 32.2. The highest BCUT2D eigenvalue weighted by molar-refractivity contribution is 7.89. The molecule has 22 heavy (non-hydrogen) atoms. The van der Waals surface area contributed by atoms with E-state index in [0.29, 0.717) is 5.57 Å². The van der Waals surface area contributed by atoms with E-state index in [1.807, 2.05) is 20.8 Å².